The number of nitrogens with zero attached hydrogens (tertiary/aromatic N) is 2. The van der Waals surface area contributed by atoms with E-state index in [0.717, 1.165) is 11.1 Å². The second-order valence-corrected chi connectivity index (χ2v) is 9.56. The van der Waals surface area contributed by atoms with E-state index in [9.17, 15) is 23.2 Å². The molecule has 0 bridgehead atoms. The molecule has 1 unspecified atom stereocenters. The number of halogens is 3. The van der Waals surface area contributed by atoms with Crippen LogP contribution in [0, 0.1) is 5.92 Å². The van der Waals surface area contributed by atoms with Gasteiger partial charge >= 0.3 is 5.97 Å². The van der Waals surface area contributed by atoms with Gasteiger partial charge in [0.1, 0.15) is 18.3 Å². The van der Waals surface area contributed by atoms with Crippen LogP contribution in [0.15, 0.2) is 42.5 Å². The van der Waals surface area contributed by atoms with Gasteiger partial charge in [0, 0.05) is 49.7 Å². The summed E-state index contributed by atoms with van der Waals surface area (Å²) >= 11 is 6.23. The number of piperazine rings is 1. The summed E-state index contributed by atoms with van der Waals surface area (Å²) in [5, 5.41) is 2.90. The molecule has 2 aliphatic rings. The summed E-state index contributed by atoms with van der Waals surface area (Å²) in [7, 11) is 1.33. The highest BCUT2D eigenvalue weighted by atomic mass is 35.5. The molecule has 1 aliphatic carbocycles. The molecule has 1 heterocycles. The van der Waals surface area contributed by atoms with E-state index in [2.05, 4.69) is 10.2 Å². The second-order valence-electron chi connectivity index (χ2n) is 9.12. The first-order valence-corrected chi connectivity index (χ1v) is 12.3. The molecule has 4 rings (SSSR count). The smallest absolute Gasteiger partial charge is 0.337 e. The number of carbonyl (C=O) groups is 3. The van der Waals surface area contributed by atoms with Crippen molar-refractivity contribution in [2.24, 2.45) is 5.92 Å². The Labute approximate surface area is 218 Å². The fourth-order valence-electron chi connectivity index (χ4n) is 4.12. The minimum Gasteiger partial charge on any atom is -0.489 e. The third-order valence-corrected chi connectivity index (χ3v) is 6.70. The van der Waals surface area contributed by atoms with Crippen LogP contribution in [-0.2, 0) is 27.5 Å². The molecule has 37 heavy (non-hydrogen) atoms. The number of benzene rings is 2. The molecule has 2 aromatic carbocycles. The third-order valence-electron chi connectivity index (χ3n) is 6.47. The Hall–Kier alpha value is -3.24. The second kappa shape index (κ2) is 11.4. The molecule has 11 heteroatoms. The quantitative estimate of drug-likeness (QED) is 0.496. The van der Waals surface area contributed by atoms with Gasteiger partial charge in [-0.1, -0.05) is 23.7 Å². The van der Waals surface area contributed by atoms with Crippen molar-refractivity contribution in [1.29, 1.82) is 0 Å². The van der Waals surface area contributed by atoms with Gasteiger partial charge in [0.15, 0.2) is 0 Å². The molecule has 0 radical (unpaired) electrons. The van der Waals surface area contributed by atoms with Gasteiger partial charge in [-0.2, -0.15) is 0 Å². The zero-order valence-corrected chi connectivity index (χ0v) is 21.1. The molecule has 1 atom stereocenters. The Morgan fingerprint density at radius 2 is 1.76 bits per heavy atom. The maximum atomic E-state index is 13.0. The summed E-state index contributed by atoms with van der Waals surface area (Å²) in [6, 6.07) is 12.4. The standard InChI is InChI=1S/C26H28ClF2N3O5/c1-36-25(35)18-4-2-17(3-5-18)16-37-22-7-6-20(27)12-19(22)15-31-8-10-32(11-9-31)23(33)14-30-24(34)21-13-26(21,28)29/h2-7,12,21H,8-11,13-16H2,1H3,(H,30,34). The van der Waals surface area contributed by atoms with E-state index in [-0.39, 0.29) is 12.5 Å². The van der Waals surface area contributed by atoms with Crippen molar-refractivity contribution in [2.75, 3.05) is 39.8 Å². The Morgan fingerprint density at radius 3 is 2.38 bits per heavy atom. The molecular formula is C26H28ClF2N3O5. The van der Waals surface area contributed by atoms with Crippen molar-refractivity contribution >= 4 is 29.4 Å². The average molecular weight is 536 g/mol. The minimum atomic E-state index is -2.95. The molecule has 2 aromatic rings. The van der Waals surface area contributed by atoms with Crippen molar-refractivity contribution in [2.45, 2.75) is 25.5 Å². The van der Waals surface area contributed by atoms with Gasteiger partial charge in [-0.3, -0.25) is 14.5 Å². The Balaban J connectivity index is 1.26. The van der Waals surface area contributed by atoms with Gasteiger partial charge in [-0.05, 0) is 35.9 Å². The number of amides is 2. The van der Waals surface area contributed by atoms with Gasteiger partial charge < -0.3 is 19.7 Å². The lowest BCUT2D eigenvalue weighted by atomic mass is 10.1. The largest absolute Gasteiger partial charge is 0.489 e. The topological polar surface area (TPSA) is 88.2 Å². The number of hydrogen-bond acceptors (Lipinski definition) is 6. The molecule has 198 valence electrons. The number of hydrogen-bond donors (Lipinski definition) is 1. The fraction of sp³-hybridized carbons (Fsp3) is 0.423. The van der Waals surface area contributed by atoms with E-state index in [1.807, 2.05) is 12.1 Å². The van der Waals surface area contributed by atoms with Crippen LogP contribution in [0.3, 0.4) is 0 Å². The van der Waals surface area contributed by atoms with E-state index in [4.69, 9.17) is 21.1 Å². The van der Waals surface area contributed by atoms with Crippen LogP contribution in [0.5, 0.6) is 5.75 Å². The van der Waals surface area contributed by atoms with E-state index < -0.39 is 30.1 Å². The summed E-state index contributed by atoms with van der Waals surface area (Å²) in [5.74, 6) is -5.05. The lowest BCUT2D eigenvalue weighted by Crippen LogP contribution is -2.51. The number of ether oxygens (including phenoxy) is 2. The maximum Gasteiger partial charge on any atom is 0.337 e. The summed E-state index contributed by atoms with van der Waals surface area (Å²) in [4.78, 5) is 39.5. The van der Waals surface area contributed by atoms with Crippen LogP contribution in [0.2, 0.25) is 5.02 Å². The van der Waals surface area contributed by atoms with Gasteiger partial charge in [-0.25, -0.2) is 13.6 Å². The molecule has 2 fully saturated rings. The molecule has 0 aromatic heterocycles. The van der Waals surface area contributed by atoms with Crippen LogP contribution in [0.4, 0.5) is 8.78 Å². The lowest BCUT2D eigenvalue weighted by molar-refractivity contribution is -0.135. The summed E-state index contributed by atoms with van der Waals surface area (Å²) in [5.41, 5.74) is 2.25. The van der Waals surface area contributed by atoms with Gasteiger partial charge in [-0.15, -0.1) is 0 Å². The van der Waals surface area contributed by atoms with Gasteiger partial charge in [0.05, 0.1) is 19.2 Å². The highest BCUT2D eigenvalue weighted by molar-refractivity contribution is 6.30. The van der Waals surface area contributed by atoms with Crippen LogP contribution in [-0.4, -0.2) is 73.3 Å². The zero-order valence-electron chi connectivity index (χ0n) is 20.3. The van der Waals surface area contributed by atoms with Gasteiger partial charge in [0.25, 0.3) is 5.92 Å². The normalized spacial score (nSPS) is 18.7. The molecule has 0 spiro atoms. The van der Waals surface area contributed by atoms with E-state index in [1.165, 1.54) is 7.11 Å². The summed E-state index contributed by atoms with van der Waals surface area (Å²) in [6.07, 6.45) is -0.456. The third kappa shape index (κ3) is 6.95. The van der Waals surface area contributed by atoms with Crippen molar-refractivity contribution in [1.82, 2.24) is 15.1 Å². The zero-order chi connectivity index (χ0) is 26.6. The minimum absolute atomic E-state index is 0.279. The molecule has 2 amide bonds. The van der Waals surface area contributed by atoms with E-state index in [0.29, 0.717) is 55.7 Å². The fourth-order valence-corrected chi connectivity index (χ4v) is 4.31. The number of esters is 1. The molecule has 1 aliphatic heterocycles. The van der Waals surface area contributed by atoms with Crippen LogP contribution in [0.25, 0.3) is 0 Å². The monoisotopic (exact) mass is 535 g/mol. The summed E-state index contributed by atoms with van der Waals surface area (Å²) < 4.78 is 36.7. The summed E-state index contributed by atoms with van der Waals surface area (Å²) in [6.45, 7) is 2.69. The molecule has 1 N–H and O–H groups in total. The number of rotatable bonds is 9. The maximum absolute atomic E-state index is 13.0. The Morgan fingerprint density at radius 1 is 1.08 bits per heavy atom. The van der Waals surface area contributed by atoms with E-state index >= 15 is 0 Å². The number of methoxy groups -OCH3 is 1. The van der Waals surface area contributed by atoms with Crippen LogP contribution >= 0.6 is 11.6 Å². The van der Waals surface area contributed by atoms with Crippen molar-refractivity contribution in [3.05, 3.63) is 64.2 Å². The predicted molar refractivity (Wildman–Crippen MR) is 131 cm³/mol. The van der Waals surface area contributed by atoms with E-state index in [1.54, 1.807) is 35.2 Å². The first kappa shape index (κ1) is 26.8. The lowest BCUT2D eigenvalue weighted by Gasteiger charge is -2.35. The molecule has 1 saturated heterocycles. The van der Waals surface area contributed by atoms with Crippen molar-refractivity contribution in [3.8, 4) is 5.75 Å². The van der Waals surface area contributed by atoms with Crippen molar-refractivity contribution in [3.63, 3.8) is 0 Å². The average Bonchev–Trinajstić information content (AvgIpc) is 3.55. The number of nitrogens with one attached hydrogen (secondary N) is 1. The van der Waals surface area contributed by atoms with Gasteiger partial charge in [0.2, 0.25) is 11.8 Å². The molecule has 8 nitrogen and oxygen atoms in total. The predicted octanol–water partition coefficient (Wildman–Crippen LogP) is 3.12. The molecular weight excluding hydrogens is 508 g/mol. The Bertz CT molecular complexity index is 1150. The van der Waals surface area contributed by atoms with Crippen LogP contribution in [0.1, 0.15) is 27.9 Å². The van der Waals surface area contributed by atoms with Crippen LogP contribution < -0.4 is 10.1 Å². The highest BCUT2D eigenvalue weighted by Crippen LogP contribution is 2.48. The van der Waals surface area contributed by atoms with Crippen molar-refractivity contribution < 1.29 is 32.6 Å². The number of carbonyl (C=O) groups excluding carboxylic acids is 3. The highest BCUT2D eigenvalue weighted by Gasteiger charge is 2.61. The Kier molecular flexibility index (Phi) is 8.29. The SMILES string of the molecule is COC(=O)c1ccc(COc2ccc(Cl)cc2CN2CCN(C(=O)CNC(=O)C3CC3(F)F)CC2)cc1. The first-order valence-electron chi connectivity index (χ1n) is 11.9. The first-order chi connectivity index (χ1) is 17.7. The number of alkyl halides is 2. The molecule has 1 saturated carbocycles.